The molecule has 0 unspecified atom stereocenters. The van der Waals surface area contributed by atoms with Gasteiger partial charge in [0.25, 0.3) is 5.91 Å². The van der Waals surface area contributed by atoms with E-state index >= 15 is 0 Å². The number of nitrogens with zero attached hydrogens (tertiary/aromatic N) is 2. The van der Waals surface area contributed by atoms with E-state index in [1.54, 1.807) is 27.7 Å². The second kappa shape index (κ2) is 7.80. The molecule has 0 aliphatic carbocycles. The van der Waals surface area contributed by atoms with Gasteiger partial charge in [0.1, 0.15) is 5.60 Å². The molecule has 4 N–H and O–H groups in total. The first kappa shape index (κ1) is 20.2. The van der Waals surface area contributed by atoms with Crippen molar-refractivity contribution in [3.63, 3.8) is 0 Å². The number of ether oxygens (including phenoxy) is 2. The van der Waals surface area contributed by atoms with Gasteiger partial charge in [0.05, 0.1) is 13.0 Å². The number of piperazine rings is 1. The van der Waals surface area contributed by atoms with Crippen molar-refractivity contribution in [2.24, 2.45) is 11.5 Å². The van der Waals surface area contributed by atoms with Gasteiger partial charge in [-0.25, -0.2) is 4.79 Å². The summed E-state index contributed by atoms with van der Waals surface area (Å²) in [6.45, 7) is 8.39. The molecule has 9 nitrogen and oxygen atoms in total. The standard InChI is InChI=1S/C15H28N4O5/c1-5-23-13(22)19-8-6-18(7-9-19)12(21)15(16,17)10-11(20)24-14(2,3)4/h5-10,16-17H2,1-4H3. The normalized spacial score (nSPS) is 15.9. The van der Waals surface area contributed by atoms with Crippen LogP contribution in [0.3, 0.4) is 0 Å². The molecule has 0 aromatic rings. The van der Waals surface area contributed by atoms with Gasteiger partial charge in [-0.1, -0.05) is 0 Å². The highest BCUT2D eigenvalue weighted by Crippen LogP contribution is 2.14. The van der Waals surface area contributed by atoms with E-state index in [2.05, 4.69) is 0 Å². The lowest BCUT2D eigenvalue weighted by molar-refractivity contribution is -0.159. The summed E-state index contributed by atoms with van der Waals surface area (Å²) >= 11 is 0. The first-order valence-corrected chi connectivity index (χ1v) is 7.97. The molecule has 0 bridgehead atoms. The van der Waals surface area contributed by atoms with Crippen LogP contribution < -0.4 is 11.5 Å². The van der Waals surface area contributed by atoms with E-state index < -0.39 is 35.7 Å². The van der Waals surface area contributed by atoms with Gasteiger partial charge in [-0.15, -0.1) is 0 Å². The Balaban J connectivity index is 2.57. The van der Waals surface area contributed by atoms with Crippen LogP contribution in [0.1, 0.15) is 34.1 Å². The monoisotopic (exact) mass is 344 g/mol. The van der Waals surface area contributed by atoms with Gasteiger partial charge in [-0.3, -0.25) is 9.59 Å². The highest BCUT2D eigenvalue weighted by molar-refractivity contribution is 5.90. The second-order valence-electron chi connectivity index (χ2n) is 6.78. The van der Waals surface area contributed by atoms with E-state index in [-0.39, 0.29) is 13.1 Å². The number of nitrogens with two attached hydrogens (primary N) is 2. The summed E-state index contributed by atoms with van der Waals surface area (Å²) in [7, 11) is 0. The maximum Gasteiger partial charge on any atom is 0.409 e. The first-order chi connectivity index (χ1) is 11.0. The van der Waals surface area contributed by atoms with Crippen LogP contribution >= 0.6 is 0 Å². The molecular weight excluding hydrogens is 316 g/mol. The van der Waals surface area contributed by atoms with Crippen LogP contribution in [0.15, 0.2) is 0 Å². The number of hydrogen-bond acceptors (Lipinski definition) is 7. The number of esters is 1. The Bertz CT molecular complexity index is 479. The molecule has 1 aliphatic heterocycles. The van der Waals surface area contributed by atoms with Crippen molar-refractivity contribution < 1.29 is 23.9 Å². The molecule has 1 rings (SSSR count). The second-order valence-corrected chi connectivity index (χ2v) is 6.78. The largest absolute Gasteiger partial charge is 0.460 e. The predicted molar refractivity (Wildman–Crippen MR) is 86.7 cm³/mol. The summed E-state index contributed by atoms with van der Waals surface area (Å²) in [5.41, 5.74) is 9.15. The van der Waals surface area contributed by atoms with Gasteiger partial charge < -0.3 is 30.7 Å². The molecule has 9 heteroatoms. The number of rotatable bonds is 4. The van der Waals surface area contributed by atoms with Gasteiger partial charge in [0.2, 0.25) is 0 Å². The van der Waals surface area contributed by atoms with E-state index in [0.29, 0.717) is 19.7 Å². The quantitative estimate of drug-likeness (QED) is 0.526. The van der Waals surface area contributed by atoms with E-state index in [1.807, 2.05) is 0 Å². The molecule has 2 amide bonds. The molecule has 0 atom stereocenters. The molecule has 138 valence electrons. The van der Waals surface area contributed by atoms with Gasteiger partial charge in [-0.05, 0) is 27.7 Å². The summed E-state index contributed by atoms with van der Waals surface area (Å²) in [6.07, 6.45) is -0.827. The van der Waals surface area contributed by atoms with Crippen LogP contribution in [0.2, 0.25) is 0 Å². The van der Waals surface area contributed by atoms with Crippen LogP contribution in [0.25, 0.3) is 0 Å². The molecule has 1 heterocycles. The zero-order valence-electron chi connectivity index (χ0n) is 14.8. The Morgan fingerprint density at radius 2 is 1.50 bits per heavy atom. The lowest BCUT2D eigenvalue weighted by atomic mass is 10.1. The molecular formula is C15H28N4O5. The molecule has 0 aromatic heterocycles. The number of carbonyl (C=O) groups excluding carboxylic acids is 3. The zero-order chi connectivity index (χ0) is 18.5. The Morgan fingerprint density at radius 1 is 1.00 bits per heavy atom. The van der Waals surface area contributed by atoms with Gasteiger partial charge >= 0.3 is 12.1 Å². The minimum absolute atomic E-state index is 0.280. The maximum absolute atomic E-state index is 12.5. The molecule has 0 aromatic carbocycles. The predicted octanol–water partition coefficient (Wildman–Crippen LogP) is -0.367. The van der Waals surface area contributed by atoms with Crippen molar-refractivity contribution >= 4 is 18.0 Å². The maximum atomic E-state index is 12.5. The summed E-state index contributed by atoms with van der Waals surface area (Å²) in [4.78, 5) is 38.9. The highest BCUT2D eigenvalue weighted by atomic mass is 16.6. The highest BCUT2D eigenvalue weighted by Gasteiger charge is 2.38. The van der Waals surface area contributed by atoms with Gasteiger partial charge in [-0.2, -0.15) is 0 Å². The molecule has 1 aliphatic rings. The fraction of sp³-hybridized carbons (Fsp3) is 0.800. The molecule has 0 radical (unpaired) electrons. The van der Waals surface area contributed by atoms with E-state index in [9.17, 15) is 14.4 Å². The lowest BCUT2D eigenvalue weighted by Crippen LogP contribution is -2.65. The minimum Gasteiger partial charge on any atom is -0.460 e. The Kier molecular flexibility index (Phi) is 6.56. The number of hydrogen-bond donors (Lipinski definition) is 2. The molecule has 1 saturated heterocycles. The molecule has 1 fully saturated rings. The Morgan fingerprint density at radius 3 is 1.96 bits per heavy atom. The smallest absolute Gasteiger partial charge is 0.409 e. The number of amides is 2. The lowest BCUT2D eigenvalue weighted by Gasteiger charge is -2.37. The fourth-order valence-corrected chi connectivity index (χ4v) is 2.29. The zero-order valence-corrected chi connectivity index (χ0v) is 14.8. The third-order valence-electron chi connectivity index (χ3n) is 3.35. The minimum atomic E-state index is -1.84. The van der Waals surface area contributed by atoms with Crippen LogP contribution in [0.4, 0.5) is 4.79 Å². The molecule has 24 heavy (non-hydrogen) atoms. The number of carbonyl (C=O) groups is 3. The summed E-state index contributed by atoms with van der Waals surface area (Å²) < 4.78 is 10.1. The van der Waals surface area contributed by atoms with Crippen LogP contribution in [0, 0.1) is 0 Å². The third-order valence-corrected chi connectivity index (χ3v) is 3.35. The summed E-state index contributed by atoms with van der Waals surface area (Å²) in [5.74, 6) is -1.18. The van der Waals surface area contributed by atoms with Crippen molar-refractivity contribution in [3.8, 4) is 0 Å². The van der Waals surface area contributed by atoms with Crippen LogP contribution in [-0.2, 0) is 19.1 Å². The molecule has 0 spiro atoms. The first-order valence-electron chi connectivity index (χ1n) is 7.97. The topological polar surface area (TPSA) is 128 Å². The van der Waals surface area contributed by atoms with E-state index in [0.717, 1.165) is 0 Å². The fourth-order valence-electron chi connectivity index (χ4n) is 2.29. The van der Waals surface area contributed by atoms with Gasteiger partial charge in [0.15, 0.2) is 5.66 Å². The third kappa shape index (κ3) is 5.97. The van der Waals surface area contributed by atoms with Crippen molar-refractivity contribution in [1.29, 1.82) is 0 Å². The molecule has 0 saturated carbocycles. The van der Waals surface area contributed by atoms with Crippen molar-refractivity contribution in [1.82, 2.24) is 9.80 Å². The van der Waals surface area contributed by atoms with Gasteiger partial charge in [0, 0.05) is 26.2 Å². The summed E-state index contributed by atoms with van der Waals surface area (Å²) in [5, 5.41) is 0. The van der Waals surface area contributed by atoms with Crippen molar-refractivity contribution in [2.45, 2.75) is 45.4 Å². The van der Waals surface area contributed by atoms with E-state index in [1.165, 1.54) is 9.80 Å². The van der Waals surface area contributed by atoms with Crippen LogP contribution in [-0.4, -0.2) is 71.8 Å². The van der Waals surface area contributed by atoms with Crippen LogP contribution in [0.5, 0.6) is 0 Å². The average Bonchev–Trinajstić information content (AvgIpc) is 2.44. The van der Waals surface area contributed by atoms with Crippen molar-refractivity contribution in [3.05, 3.63) is 0 Å². The summed E-state index contributed by atoms with van der Waals surface area (Å²) in [6, 6.07) is 0. The Labute approximate surface area is 142 Å². The average molecular weight is 344 g/mol. The Hall–Kier alpha value is -1.87. The van der Waals surface area contributed by atoms with Crippen molar-refractivity contribution in [2.75, 3.05) is 32.8 Å². The SMILES string of the molecule is CCOC(=O)N1CCN(C(=O)C(N)(N)CC(=O)OC(C)(C)C)CC1. The van der Waals surface area contributed by atoms with E-state index in [4.69, 9.17) is 20.9 Å².